The molecule has 0 saturated heterocycles. The molecule has 9 rings (SSSR count). The van der Waals surface area contributed by atoms with Crippen LogP contribution in [0.5, 0.6) is 0 Å². The molecule has 4 nitrogen and oxygen atoms in total. The number of imidazole rings is 1. The number of aromatic nitrogens is 4. The molecule has 0 aliphatic heterocycles. The van der Waals surface area contributed by atoms with Crippen LogP contribution in [0.4, 0.5) is 0 Å². The number of rotatable bonds is 4. The Balaban J connectivity index is 1.37. The van der Waals surface area contributed by atoms with Crippen LogP contribution in [0.3, 0.4) is 0 Å². The van der Waals surface area contributed by atoms with Crippen LogP contribution in [-0.2, 0) is 0 Å². The van der Waals surface area contributed by atoms with E-state index in [1.54, 1.807) is 0 Å². The van der Waals surface area contributed by atoms with Gasteiger partial charge in [0.05, 0.1) is 27.9 Å². The summed E-state index contributed by atoms with van der Waals surface area (Å²) in [6.07, 6.45) is 1.84. The fraction of sp³-hybridized carbons (Fsp3) is 0. The lowest BCUT2D eigenvalue weighted by atomic mass is 10.00. The second-order valence-electron chi connectivity index (χ2n) is 11.1. The van der Waals surface area contributed by atoms with Gasteiger partial charge in [0.2, 0.25) is 0 Å². The highest BCUT2D eigenvalue weighted by Gasteiger charge is 2.21. The van der Waals surface area contributed by atoms with E-state index in [9.17, 15) is 0 Å². The summed E-state index contributed by atoms with van der Waals surface area (Å²) in [6, 6.07) is 51.2. The van der Waals surface area contributed by atoms with Crippen molar-refractivity contribution >= 4 is 43.6 Å². The summed E-state index contributed by atoms with van der Waals surface area (Å²) >= 11 is 0. The quantitative estimate of drug-likeness (QED) is 0.232. The highest BCUT2D eigenvalue weighted by Crippen LogP contribution is 2.40. The van der Waals surface area contributed by atoms with E-state index in [4.69, 9.17) is 4.98 Å². The lowest BCUT2D eigenvalue weighted by Gasteiger charge is -2.13. The lowest BCUT2D eigenvalue weighted by Crippen LogP contribution is -1.99. The van der Waals surface area contributed by atoms with Gasteiger partial charge in [0.25, 0.3) is 0 Å². The van der Waals surface area contributed by atoms with Crippen molar-refractivity contribution in [2.75, 3.05) is 0 Å². The van der Waals surface area contributed by atoms with Crippen LogP contribution >= 0.6 is 0 Å². The Morgan fingerprint density at radius 1 is 0.545 bits per heavy atom. The van der Waals surface area contributed by atoms with Crippen LogP contribution in [0.25, 0.3) is 83.1 Å². The van der Waals surface area contributed by atoms with E-state index in [1.165, 1.54) is 21.5 Å². The molecule has 0 spiro atoms. The Labute approximate surface area is 253 Å². The number of benzene rings is 6. The first-order chi connectivity index (χ1) is 21.8. The number of nitrogens with zero attached hydrogens (tertiary/aromatic N) is 3. The number of aromatic amines is 1. The zero-order valence-corrected chi connectivity index (χ0v) is 23.8. The molecule has 0 atom stereocenters. The molecule has 0 radical (unpaired) electrons. The molecule has 0 amide bonds. The summed E-state index contributed by atoms with van der Waals surface area (Å²) in [4.78, 5) is 13.8. The van der Waals surface area contributed by atoms with Gasteiger partial charge in [-0.25, -0.2) is 4.98 Å². The second-order valence-corrected chi connectivity index (χ2v) is 11.1. The molecular formula is C40H26N4. The maximum absolute atomic E-state index is 5.49. The van der Waals surface area contributed by atoms with Crippen molar-refractivity contribution in [1.29, 1.82) is 0 Å². The predicted octanol–water partition coefficient (Wildman–Crippen LogP) is 10.2. The van der Waals surface area contributed by atoms with Crippen molar-refractivity contribution in [3.05, 3.63) is 152 Å². The molecule has 0 aliphatic carbocycles. The Morgan fingerprint density at radius 3 is 2.20 bits per heavy atom. The van der Waals surface area contributed by atoms with Gasteiger partial charge in [0, 0.05) is 44.6 Å². The smallest absolute Gasteiger partial charge is 0.147 e. The van der Waals surface area contributed by atoms with Crippen molar-refractivity contribution in [3.63, 3.8) is 0 Å². The van der Waals surface area contributed by atoms with Crippen molar-refractivity contribution in [2.45, 2.75) is 0 Å². The fourth-order valence-electron chi connectivity index (χ4n) is 6.60. The molecule has 0 bridgehead atoms. The summed E-state index contributed by atoms with van der Waals surface area (Å²) in [5, 5.41) is 4.78. The number of hydrogen-bond acceptors (Lipinski definition) is 2. The fourth-order valence-corrected chi connectivity index (χ4v) is 6.60. The van der Waals surface area contributed by atoms with E-state index in [-0.39, 0.29) is 0 Å². The average Bonchev–Trinajstić information content (AvgIpc) is 3.67. The van der Waals surface area contributed by atoms with Gasteiger partial charge in [-0.1, -0.05) is 103 Å². The Hall–Kier alpha value is -6.00. The summed E-state index contributed by atoms with van der Waals surface area (Å²) < 4.78 is 2.34. The molecule has 0 saturated carbocycles. The summed E-state index contributed by atoms with van der Waals surface area (Å²) in [5.74, 6) is 0.904. The molecule has 0 fully saturated rings. The summed E-state index contributed by atoms with van der Waals surface area (Å²) in [6.45, 7) is 0. The highest BCUT2D eigenvalue weighted by molar-refractivity contribution is 6.12. The first kappa shape index (κ1) is 24.6. The van der Waals surface area contributed by atoms with Crippen molar-refractivity contribution in [1.82, 2.24) is 19.5 Å². The van der Waals surface area contributed by atoms with Gasteiger partial charge in [-0.2, -0.15) is 0 Å². The molecule has 4 heteroatoms. The van der Waals surface area contributed by atoms with Gasteiger partial charge in [0.15, 0.2) is 0 Å². The van der Waals surface area contributed by atoms with Crippen LogP contribution in [0.2, 0.25) is 0 Å². The number of nitrogens with one attached hydrogen (secondary N) is 1. The van der Waals surface area contributed by atoms with Crippen LogP contribution in [0.15, 0.2) is 152 Å². The predicted molar refractivity (Wildman–Crippen MR) is 182 cm³/mol. The standard InChI is InChI=1S/C40H26N4/c1-2-15-29-26(11-1)12-8-22-36(29)44-37-23-10-17-30(27-13-7-14-28(25-27)34-20-5-6-24-41-34)39(37)43-40(44)33-19-9-18-32-31-16-3-4-21-35(31)42-38(32)33/h1-25,42H. The average molecular weight is 563 g/mol. The largest absolute Gasteiger partial charge is 0.354 e. The molecular weight excluding hydrogens is 536 g/mol. The van der Waals surface area contributed by atoms with Crippen molar-refractivity contribution in [3.8, 4) is 39.5 Å². The zero-order valence-electron chi connectivity index (χ0n) is 23.8. The molecule has 9 aromatic rings. The van der Waals surface area contributed by atoms with Crippen LogP contribution in [0, 0.1) is 0 Å². The van der Waals surface area contributed by atoms with Gasteiger partial charge in [-0.15, -0.1) is 0 Å². The Bertz CT molecular complexity index is 2500. The molecule has 1 N–H and O–H groups in total. The number of hydrogen-bond donors (Lipinski definition) is 1. The van der Waals surface area contributed by atoms with Gasteiger partial charge in [0.1, 0.15) is 5.82 Å². The van der Waals surface area contributed by atoms with E-state index in [0.29, 0.717) is 0 Å². The highest BCUT2D eigenvalue weighted by atomic mass is 15.1. The van der Waals surface area contributed by atoms with E-state index in [1.807, 2.05) is 24.4 Å². The van der Waals surface area contributed by atoms with Crippen molar-refractivity contribution in [2.24, 2.45) is 0 Å². The third kappa shape index (κ3) is 3.78. The maximum atomic E-state index is 5.49. The van der Waals surface area contributed by atoms with E-state index in [0.717, 1.165) is 61.5 Å². The molecule has 206 valence electrons. The minimum Gasteiger partial charge on any atom is -0.354 e. The monoisotopic (exact) mass is 562 g/mol. The van der Waals surface area contributed by atoms with Gasteiger partial charge < -0.3 is 4.98 Å². The minimum atomic E-state index is 0.904. The number of fused-ring (bicyclic) bond motifs is 5. The molecule has 0 aliphatic rings. The second kappa shape index (κ2) is 9.79. The first-order valence-electron chi connectivity index (χ1n) is 14.8. The van der Waals surface area contributed by atoms with Gasteiger partial charge in [-0.05, 0) is 53.4 Å². The Kier molecular flexibility index (Phi) is 5.47. The summed E-state index contributed by atoms with van der Waals surface area (Å²) in [5.41, 5.74) is 10.6. The Morgan fingerprint density at radius 2 is 1.27 bits per heavy atom. The molecule has 6 aromatic carbocycles. The molecule has 0 unspecified atom stereocenters. The van der Waals surface area contributed by atoms with Crippen LogP contribution < -0.4 is 0 Å². The third-order valence-corrected chi connectivity index (χ3v) is 8.61. The molecule has 3 heterocycles. The normalized spacial score (nSPS) is 11.6. The van der Waals surface area contributed by atoms with E-state index >= 15 is 0 Å². The van der Waals surface area contributed by atoms with E-state index < -0.39 is 0 Å². The molecule has 3 aromatic heterocycles. The van der Waals surface area contributed by atoms with Crippen LogP contribution in [-0.4, -0.2) is 19.5 Å². The zero-order chi connectivity index (χ0) is 29.0. The SMILES string of the molecule is c1ccc(-c2cccc(-c3cccc4c3nc(-c3cccc5c3[nH]c3ccccc35)n4-c3cccc4ccccc34)c2)nc1. The van der Waals surface area contributed by atoms with Crippen LogP contribution in [0.1, 0.15) is 0 Å². The van der Waals surface area contributed by atoms with Gasteiger partial charge in [-0.3, -0.25) is 9.55 Å². The van der Waals surface area contributed by atoms with Crippen molar-refractivity contribution < 1.29 is 0 Å². The lowest BCUT2D eigenvalue weighted by molar-refractivity contribution is 1.12. The topological polar surface area (TPSA) is 46.5 Å². The summed E-state index contributed by atoms with van der Waals surface area (Å²) in [7, 11) is 0. The number of H-pyrrole nitrogens is 1. The third-order valence-electron chi connectivity index (χ3n) is 8.61. The maximum Gasteiger partial charge on any atom is 0.147 e. The number of para-hydroxylation sites is 3. The molecule has 44 heavy (non-hydrogen) atoms. The van der Waals surface area contributed by atoms with Gasteiger partial charge >= 0.3 is 0 Å². The number of pyridine rings is 1. The first-order valence-corrected chi connectivity index (χ1v) is 14.8. The van der Waals surface area contributed by atoms with E-state index in [2.05, 4.69) is 142 Å². The minimum absolute atomic E-state index is 0.904.